The molecule has 3 nitrogen and oxygen atoms in total. The maximum Gasteiger partial charge on any atom is 0.0571 e. The smallest absolute Gasteiger partial charge is 0.0571 e. The molecule has 2 fully saturated rings. The Morgan fingerprint density at radius 2 is 1.81 bits per heavy atom. The zero-order valence-electron chi connectivity index (χ0n) is 14.7. The van der Waals surface area contributed by atoms with E-state index in [0.29, 0.717) is 12.1 Å². The highest BCUT2D eigenvalue weighted by Crippen LogP contribution is 2.29. The molecule has 2 rings (SSSR count). The largest absolute Gasteiger partial charge is 0.381 e. The summed E-state index contributed by atoms with van der Waals surface area (Å²) in [4.78, 5) is 5.33. The first-order valence-corrected chi connectivity index (χ1v) is 9.11. The minimum atomic E-state index is 0.547. The average Bonchev–Trinajstić information content (AvgIpc) is 2.49. The van der Waals surface area contributed by atoms with Gasteiger partial charge in [0, 0.05) is 38.8 Å². The summed E-state index contributed by atoms with van der Waals surface area (Å²) < 4.78 is 5.47. The van der Waals surface area contributed by atoms with Crippen molar-refractivity contribution >= 4 is 0 Å². The molecule has 0 bridgehead atoms. The van der Waals surface area contributed by atoms with Gasteiger partial charge >= 0.3 is 0 Å². The van der Waals surface area contributed by atoms with E-state index in [0.717, 1.165) is 12.0 Å². The Bertz CT molecular complexity index is 287. The van der Waals surface area contributed by atoms with Crippen LogP contribution >= 0.6 is 0 Å². The van der Waals surface area contributed by atoms with Gasteiger partial charge < -0.3 is 4.74 Å². The van der Waals surface area contributed by atoms with Crippen LogP contribution in [0.3, 0.4) is 0 Å². The van der Waals surface area contributed by atoms with Crippen molar-refractivity contribution in [1.29, 1.82) is 0 Å². The number of hydrogen-bond donors (Lipinski definition) is 0. The van der Waals surface area contributed by atoms with Crippen LogP contribution in [0.1, 0.15) is 59.3 Å². The van der Waals surface area contributed by atoms with Gasteiger partial charge in [-0.05, 0) is 71.8 Å². The molecule has 0 aromatic heterocycles. The van der Waals surface area contributed by atoms with E-state index >= 15 is 0 Å². The summed E-state index contributed by atoms with van der Waals surface area (Å²) in [6, 6.07) is 1.43. The summed E-state index contributed by atoms with van der Waals surface area (Å²) in [7, 11) is 1.86. The van der Waals surface area contributed by atoms with E-state index in [9.17, 15) is 0 Å². The van der Waals surface area contributed by atoms with Crippen LogP contribution in [-0.2, 0) is 4.74 Å². The molecule has 0 aromatic rings. The SMILES string of the molecule is CO[C@H]1CC[C@H](CCCN2CCN(C(C)C)C[C@H]2C)CC1. The van der Waals surface area contributed by atoms with Gasteiger partial charge in [0.05, 0.1) is 6.10 Å². The Balaban J connectivity index is 1.61. The first-order valence-electron chi connectivity index (χ1n) is 9.11. The number of hydrogen-bond acceptors (Lipinski definition) is 3. The number of rotatable bonds is 6. The molecule has 0 amide bonds. The standard InChI is InChI=1S/C18H36N2O/c1-15(2)20-13-12-19(16(3)14-20)11-5-6-17-7-9-18(21-4)10-8-17/h15-18H,5-14H2,1-4H3/t16-,17-,18-/m1/s1. The van der Waals surface area contributed by atoms with Gasteiger partial charge in [-0.25, -0.2) is 0 Å². The lowest BCUT2D eigenvalue weighted by atomic mass is 9.84. The molecule has 0 unspecified atom stereocenters. The van der Waals surface area contributed by atoms with Crippen molar-refractivity contribution in [2.24, 2.45) is 5.92 Å². The Morgan fingerprint density at radius 1 is 1.10 bits per heavy atom. The fourth-order valence-corrected chi connectivity index (χ4v) is 4.06. The van der Waals surface area contributed by atoms with Crippen molar-refractivity contribution < 1.29 is 4.74 Å². The van der Waals surface area contributed by atoms with Crippen molar-refractivity contribution in [2.75, 3.05) is 33.3 Å². The number of piperazine rings is 1. The second-order valence-electron chi connectivity index (χ2n) is 7.49. The summed E-state index contributed by atoms with van der Waals surface area (Å²) >= 11 is 0. The van der Waals surface area contributed by atoms with Crippen LogP contribution in [0, 0.1) is 5.92 Å². The molecular formula is C18H36N2O. The van der Waals surface area contributed by atoms with Crippen molar-refractivity contribution in [3.8, 4) is 0 Å². The van der Waals surface area contributed by atoms with Gasteiger partial charge in [0.1, 0.15) is 0 Å². The molecule has 1 heterocycles. The number of ether oxygens (including phenoxy) is 1. The monoisotopic (exact) mass is 296 g/mol. The van der Waals surface area contributed by atoms with E-state index in [4.69, 9.17) is 4.74 Å². The molecule has 1 aliphatic heterocycles. The van der Waals surface area contributed by atoms with E-state index in [2.05, 4.69) is 30.6 Å². The van der Waals surface area contributed by atoms with Gasteiger partial charge in [0.15, 0.2) is 0 Å². The summed E-state index contributed by atoms with van der Waals surface area (Å²) in [6.07, 6.45) is 8.69. The Kier molecular flexibility index (Phi) is 6.97. The zero-order chi connectivity index (χ0) is 15.2. The predicted molar refractivity (Wildman–Crippen MR) is 89.7 cm³/mol. The highest BCUT2D eigenvalue weighted by Gasteiger charge is 2.25. The number of methoxy groups -OCH3 is 1. The quantitative estimate of drug-likeness (QED) is 0.747. The Hall–Kier alpha value is -0.120. The third-order valence-electron chi connectivity index (χ3n) is 5.71. The fraction of sp³-hybridized carbons (Fsp3) is 1.00. The molecule has 21 heavy (non-hydrogen) atoms. The van der Waals surface area contributed by atoms with Crippen LogP contribution in [0.2, 0.25) is 0 Å². The lowest BCUT2D eigenvalue weighted by Gasteiger charge is -2.42. The van der Waals surface area contributed by atoms with Gasteiger partial charge in [-0.3, -0.25) is 9.80 Å². The topological polar surface area (TPSA) is 15.7 Å². The van der Waals surface area contributed by atoms with Crippen LogP contribution in [0.4, 0.5) is 0 Å². The summed E-state index contributed by atoms with van der Waals surface area (Å²) in [5, 5.41) is 0. The summed E-state index contributed by atoms with van der Waals surface area (Å²) in [5.74, 6) is 0.962. The molecular weight excluding hydrogens is 260 g/mol. The molecule has 0 N–H and O–H groups in total. The lowest BCUT2D eigenvalue weighted by molar-refractivity contribution is 0.0497. The van der Waals surface area contributed by atoms with E-state index < -0.39 is 0 Å². The van der Waals surface area contributed by atoms with Crippen LogP contribution in [0.5, 0.6) is 0 Å². The van der Waals surface area contributed by atoms with Gasteiger partial charge in [0.25, 0.3) is 0 Å². The second kappa shape index (κ2) is 8.50. The van der Waals surface area contributed by atoms with Gasteiger partial charge in [-0.1, -0.05) is 0 Å². The van der Waals surface area contributed by atoms with Crippen molar-refractivity contribution in [1.82, 2.24) is 9.80 Å². The van der Waals surface area contributed by atoms with Crippen LogP contribution in [0.25, 0.3) is 0 Å². The van der Waals surface area contributed by atoms with Crippen LogP contribution < -0.4 is 0 Å². The Labute approximate surface area is 132 Å². The minimum Gasteiger partial charge on any atom is -0.381 e. The highest BCUT2D eigenvalue weighted by atomic mass is 16.5. The molecule has 124 valence electrons. The predicted octanol–water partition coefficient (Wildman–Crippen LogP) is 3.39. The van der Waals surface area contributed by atoms with E-state index in [1.807, 2.05) is 7.11 Å². The lowest BCUT2D eigenvalue weighted by Crippen LogP contribution is -2.53. The third-order valence-corrected chi connectivity index (χ3v) is 5.71. The van der Waals surface area contributed by atoms with Crippen LogP contribution in [-0.4, -0.2) is 61.3 Å². The summed E-state index contributed by atoms with van der Waals surface area (Å²) in [6.45, 7) is 12.1. The molecule has 0 radical (unpaired) electrons. The van der Waals surface area contributed by atoms with Crippen molar-refractivity contribution in [2.45, 2.75) is 77.5 Å². The second-order valence-corrected chi connectivity index (χ2v) is 7.49. The zero-order valence-corrected chi connectivity index (χ0v) is 14.7. The van der Waals surface area contributed by atoms with Gasteiger partial charge in [-0.2, -0.15) is 0 Å². The normalized spacial score (nSPS) is 32.7. The Morgan fingerprint density at radius 3 is 2.38 bits per heavy atom. The third kappa shape index (κ3) is 5.22. The molecule has 1 atom stereocenters. The van der Waals surface area contributed by atoms with Crippen LogP contribution in [0.15, 0.2) is 0 Å². The maximum atomic E-state index is 5.47. The van der Waals surface area contributed by atoms with E-state index in [-0.39, 0.29) is 0 Å². The molecule has 0 spiro atoms. The van der Waals surface area contributed by atoms with E-state index in [1.54, 1.807) is 0 Å². The first-order chi connectivity index (χ1) is 10.1. The summed E-state index contributed by atoms with van der Waals surface area (Å²) in [5.41, 5.74) is 0. The number of nitrogens with zero attached hydrogens (tertiary/aromatic N) is 2. The molecule has 3 heteroatoms. The maximum absolute atomic E-state index is 5.47. The van der Waals surface area contributed by atoms with E-state index in [1.165, 1.54) is 64.7 Å². The van der Waals surface area contributed by atoms with Gasteiger partial charge in [0.2, 0.25) is 0 Å². The minimum absolute atomic E-state index is 0.547. The molecule has 2 aliphatic rings. The highest BCUT2D eigenvalue weighted by molar-refractivity contribution is 4.81. The average molecular weight is 296 g/mol. The first kappa shape index (κ1) is 17.2. The molecule has 0 aromatic carbocycles. The molecule has 1 aliphatic carbocycles. The molecule has 1 saturated heterocycles. The molecule has 1 saturated carbocycles. The fourth-order valence-electron chi connectivity index (χ4n) is 4.06. The van der Waals surface area contributed by atoms with Crippen molar-refractivity contribution in [3.05, 3.63) is 0 Å². The van der Waals surface area contributed by atoms with Gasteiger partial charge in [-0.15, -0.1) is 0 Å². The van der Waals surface area contributed by atoms with Crippen molar-refractivity contribution in [3.63, 3.8) is 0 Å².